The summed E-state index contributed by atoms with van der Waals surface area (Å²) in [5.74, 6) is -0.807. The smallest absolute Gasteiger partial charge is 0.265 e. The van der Waals surface area contributed by atoms with Crippen LogP contribution >= 0.6 is 11.3 Å². The number of carbonyl (C=O) groups is 2. The molecule has 2 amide bonds. The van der Waals surface area contributed by atoms with Gasteiger partial charge in [0.1, 0.15) is 5.82 Å². The molecule has 0 spiro atoms. The minimum atomic E-state index is -0.500. The molecule has 1 aliphatic rings. The number of nitrogens with zero attached hydrogens (tertiary/aromatic N) is 1. The normalized spacial score (nSPS) is 14.3. The molecule has 1 fully saturated rings. The van der Waals surface area contributed by atoms with Crippen molar-refractivity contribution in [2.24, 2.45) is 0 Å². The summed E-state index contributed by atoms with van der Waals surface area (Å²) in [5.41, 5.74) is 1.81. The van der Waals surface area contributed by atoms with Gasteiger partial charge in [0.25, 0.3) is 5.91 Å². The summed E-state index contributed by atoms with van der Waals surface area (Å²) < 4.78 is 14.3. The van der Waals surface area contributed by atoms with Crippen LogP contribution in [0.5, 0.6) is 0 Å². The molecule has 1 aliphatic heterocycles. The van der Waals surface area contributed by atoms with Crippen molar-refractivity contribution in [3.8, 4) is 0 Å². The molecule has 126 valence electrons. The molecule has 0 saturated carbocycles. The lowest BCUT2D eigenvalue weighted by Crippen LogP contribution is -2.24. The molecule has 1 saturated heterocycles. The molecule has 1 aromatic heterocycles. The van der Waals surface area contributed by atoms with Crippen molar-refractivity contribution in [2.75, 3.05) is 16.8 Å². The molecule has 24 heavy (non-hydrogen) atoms. The number of hydrogen-bond acceptors (Lipinski definition) is 3. The first-order chi connectivity index (χ1) is 11.5. The van der Waals surface area contributed by atoms with Gasteiger partial charge in [-0.15, -0.1) is 11.3 Å². The monoisotopic (exact) mass is 346 g/mol. The van der Waals surface area contributed by atoms with Crippen LogP contribution in [0.15, 0.2) is 24.3 Å². The van der Waals surface area contributed by atoms with Crippen LogP contribution in [0.25, 0.3) is 0 Å². The first-order valence-electron chi connectivity index (χ1n) is 8.00. The van der Waals surface area contributed by atoms with Crippen LogP contribution in [0.3, 0.4) is 0 Å². The number of aryl methyl sites for hydroxylation is 2. The Kier molecular flexibility index (Phi) is 4.66. The molecule has 6 heteroatoms. The zero-order valence-corrected chi connectivity index (χ0v) is 14.5. The van der Waals surface area contributed by atoms with Crippen LogP contribution in [0.1, 0.15) is 39.9 Å². The van der Waals surface area contributed by atoms with E-state index in [0.717, 1.165) is 23.3 Å². The van der Waals surface area contributed by atoms with Gasteiger partial charge in [-0.05, 0) is 49.6 Å². The Morgan fingerprint density at radius 2 is 2.17 bits per heavy atom. The number of halogens is 1. The molecule has 4 nitrogen and oxygen atoms in total. The summed E-state index contributed by atoms with van der Waals surface area (Å²) in [4.78, 5) is 27.2. The number of benzene rings is 1. The number of hydrogen-bond donors (Lipinski definition) is 1. The highest BCUT2D eigenvalue weighted by Gasteiger charge is 2.24. The average Bonchev–Trinajstić information content (AvgIpc) is 3.13. The van der Waals surface area contributed by atoms with Crippen LogP contribution in [0.2, 0.25) is 0 Å². The summed E-state index contributed by atoms with van der Waals surface area (Å²) in [6.45, 7) is 4.57. The second-order valence-electron chi connectivity index (χ2n) is 5.81. The van der Waals surface area contributed by atoms with Gasteiger partial charge in [0.2, 0.25) is 5.91 Å². The summed E-state index contributed by atoms with van der Waals surface area (Å²) >= 11 is 1.44. The molecule has 3 rings (SSSR count). The summed E-state index contributed by atoms with van der Waals surface area (Å²) in [7, 11) is 0. The molecule has 2 aromatic rings. The van der Waals surface area contributed by atoms with Crippen LogP contribution in [0, 0.1) is 12.7 Å². The van der Waals surface area contributed by atoms with Gasteiger partial charge in [-0.25, -0.2) is 4.39 Å². The third-order valence-corrected chi connectivity index (χ3v) is 5.29. The Hall–Kier alpha value is -2.21. The highest BCUT2D eigenvalue weighted by Crippen LogP contribution is 2.28. The molecule has 0 atom stereocenters. The fraction of sp³-hybridized carbons (Fsp3) is 0.333. The molecule has 1 aromatic carbocycles. The maximum Gasteiger partial charge on any atom is 0.265 e. The number of thiophene rings is 1. The highest BCUT2D eigenvalue weighted by molar-refractivity contribution is 7.14. The van der Waals surface area contributed by atoms with E-state index < -0.39 is 5.82 Å². The quantitative estimate of drug-likeness (QED) is 0.905. The van der Waals surface area contributed by atoms with Crippen molar-refractivity contribution < 1.29 is 14.0 Å². The van der Waals surface area contributed by atoms with Gasteiger partial charge in [0.05, 0.1) is 10.6 Å². The zero-order valence-electron chi connectivity index (χ0n) is 13.7. The predicted octanol–water partition coefficient (Wildman–Crippen LogP) is 4.14. The van der Waals surface area contributed by atoms with E-state index in [9.17, 15) is 14.0 Å². The third-order valence-electron chi connectivity index (χ3n) is 4.20. The Labute approximate surface area is 144 Å². The van der Waals surface area contributed by atoms with Crippen molar-refractivity contribution in [1.29, 1.82) is 0 Å². The van der Waals surface area contributed by atoms with E-state index in [4.69, 9.17) is 0 Å². The number of rotatable bonds is 4. The second kappa shape index (κ2) is 6.73. The van der Waals surface area contributed by atoms with Crippen LogP contribution in [0.4, 0.5) is 15.8 Å². The molecular formula is C18H19FN2O2S. The molecule has 0 radical (unpaired) electrons. The fourth-order valence-corrected chi connectivity index (χ4v) is 3.89. The summed E-state index contributed by atoms with van der Waals surface area (Å²) in [5, 5.41) is 2.72. The SMILES string of the molecule is CCc1cc(C(=O)Nc2ccc(N3CCCC3=O)c(F)c2)sc1C. The molecule has 0 aliphatic carbocycles. The molecule has 2 heterocycles. The first-order valence-corrected chi connectivity index (χ1v) is 8.82. The number of nitrogens with one attached hydrogen (secondary N) is 1. The van der Waals surface area contributed by atoms with Crippen LogP contribution in [-0.2, 0) is 11.2 Å². The molecule has 0 unspecified atom stereocenters. The van der Waals surface area contributed by atoms with Gasteiger partial charge in [-0.2, -0.15) is 0 Å². The van der Waals surface area contributed by atoms with E-state index in [2.05, 4.69) is 5.32 Å². The standard InChI is InChI=1S/C18H19FN2O2S/c1-3-12-9-16(24-11(12)2)18(23)20-13-6-7-15(14(19)10-13)21-8-4-5-17(21)22/h6-7,9-10H,3-5,8H2,1-2H3,(H,20,23). The van der Waals surface area contributed by atoms with E-state index >= 15 is 0 Å². The Morgan fingerprint density at radius 3 is 2.75 bits per heavy atom. The zero-order chi connectivity index (χ0) is 17.3. The van der Waals surface area contributed by atoms with Gasteiger partial charge >= 0.3 is 0 Å². The minimum Gasteiger partial charge on any atom is -0.321 e. The Balaban J connectivity index is 1.76. The third kappa shape index (κ3) is 3.19. The number of carbonyl (C=O) groups excluding carboxylic acids is 2. The predicted molar refractivity (Wildman–Crippen MR) is 94.4 cm³/mol. The molecular weight excluding hydrogens is 327 g/mol. The molecule has 1 N–H and O–H groups in total. The van der Waals surface area contributed by atoms with Gasteiger partial charge in [-0.3, -0.25) is 9.59 Å². The Bertz CT molecular complexity index is 800. The van der Waals surface area contributed by atoms with Crippen LogP contribution in [-0.4, -0.2) is 18.4 Å². The van der Waals surface area contributed by atoms with Crippen molar-refractivity contribution in [3.05, 3.63) is 45.4 Å². The van der Waals surface area contributed by atoms with E-state index in [1.54, 1.807) is 12.1 Å². The van der Waals surface area contributed by atoms with Crippen molar-refractivity contribution in [2.45, 2.75) is 33.1 Å². The van der Waals surface area contributed by atoms with Crippen molar-refractivity contribution in [1.82, 2.24) is 0 Å². The van der Waals surface area contributed by atoms with E-state index in [0.29, 0.717) is 23.5 Å². The van der Waals surface area contributed by atoms with Gasteiger partial charge in [0, 0.05) is 23.5 Å². The molecule has 0 bridgehead atoms. The first kappa shape index (κ1) is 16.6. The van der Waals surface area contributed by atoms with Gasteiger partial charge < -0.3 is 10.2 Å². The minimum absolute atomic E-state index is 0.0631. The lowest BCUT2D eigenvalue weighted by Gasteiger charge is -2.17. The average molecular weight is 346 g/mol. The maximum absolute atomic E-state index is 14.3. The number of amides is 2. The topological polar surface area (TPSA) is 49.4 Å². The summed E-state index contributed by atoms with van der Waals surface area (Å²) in [6, 6.07) is 6.32. The van der Waals surface area contributed by atoms with Gasteiger partial charge in [-0.1, -0.05) is 6.92 Å². The number of anilines is 2. The van der Waals surface area contributed by atoms with Crippen LogP contribution < -0.4 is 10.2 Å². The fourth-order valence-electron chi connectivity index (χ4n) is 2.88. The Morgan fingerprint density at radius 1 is 1.38 bits per heavy atom. The van der Waals surface area contributed by atoms with Crippen molar-refractivity contribution in [3.63, 3.8) is 0 Å². The van der Waals surface area contributed by atoms with E-state index in [-0.39, 0.29) is 17.5 Å². The second-order valence-corrected chi connectivity index (χ2v) is 7.07. The van der Waals surface area contributed by atoms with E-state index in [1.807, 2.05) is 19.9 Å². The highest BCUT2D eigenvalue weighted by atomic mass is 32.1. The largest absolute Gasteiger partial charge is 0.321 e. The lowest BCUT2D eigenvalue weighted by molar-refractivity contribution is -0.117. The lowest BCUT2D eigenvalue weighted by atomic mass is 10.2. The van der Waals surface area contributed by atoms with E-state index in [1.165, 1.54) is 22.3 Å². The maximum atomic E-state index is 14.3. The summed E-state index contributed by atoms with van der Waals surface area (Å²) in [6.07, 6.45) is 2.08. The van der Waals surface area contributed by atoms with Crippen molar-refractivity contribution >= 4 is 34.5 Å². The van der Waals surface area contributed by atoms with Gasteiger partial charge in [0.15, 0.2) is 0 Å².